The number of carboxylic acids is 1. The molecule has 2 aliphatic heterocycles. The first-order valence-corrected chi connectivity index (χ1v) is 21.9. The topological polar surface area (TPSA) is 170 Å². The lowest BCUT2D eigenvalue weighted by Crippen LogP contribution is -2.51. The minimum atomic E-state index is -1.54. The molecule has 2 aliphatic rings. The fraction of sp³-hybridized carbons (Fsp3) is 0.327. The number of aromatic carboxylic acids is 1. The van der Waals surface area contributed by atoms with E-state index < -0.39 is 94.0 Å². The van der Waals surface area contributed by atoms with E-state index in [4.69, 9.17) is 15.6 Å². The standard InChI is InChI=1S/C22H20F4N4O.C16H21F3N2O2.C11H9FN2O2/c1-30-19(7-9-28-30)12-2-3-15(17(24)10-12)22(31)29-18-11-27-8-6-13(18)14-4-5-16(23)21(26)20(14)25;1-16(2,3)23-15(22)21-7-6-9(12(20)8-21)10-4-5-11(17)14(19)13(10)18;1-14-10(4-5-13-14)7-2-3-8(11(15)16)9(12)6-7/h2-5,7,9-10,13,18,27H,6,8,11H2,1H3,(H,29,31);4-5,9,12H,6-8,20H2,1-3H3;2-6H,1H3,(H,15,16)/t13-,18+;9-,12+;/m00./s1. The average Bonchev–Trinajstić information content (AvgIpc) is 3.95. The van der Waals surface area contributed by atoms with E-state index in [1.807, 2.05) is 0 Å². The van der Waals surface area contributed by atoms with Crippen LogP contribution in [-0.2, 0) is 18.8 Å². The predicted molar refractivity (Wildman–Crippen MR) is 241 cm³/mol. The van der Waals surface area contributed by atoms with E-state index >= 15 is 0 Å². The van der Waals surface area contributed by atoms with Crippen molar-refractivity contribution in [2.24, 2.45) is 19.8 Å². The Balaban J connectivity index is 0.000000182. The summed E-state index contributed by atoms with van der Waals surface area (Å²) in [5.41, 5.74) is 7.53. The van der Waals surface area contributed by atoms with E-state index in [-0.39, 0.29) is 35.3 Å². The number of nitrogens with one attached hydrogen (secondary N) is 2. The van der Waals surface area contributed by atoms with Crippen LogP contribution in [0.3, 0.4) is 0 Å². The molecule has 4 atom stereocenters. The quantitative estimate of drug-likeness (QED) is 0.0904. The SMILES string of the molecule is CC(C)(C)OC(=O)N1CC[C@@H](c2ccc(F)c(F)c2F)[C@H](N)C1.Cn1nccc1-c1ccc(C(=O)N[C@@H]2CNCC[C@H]2c2ccc(F)c(F)c2F)c(F)c1.Cn1nccc1-c1ccc(C(=O)O)c(F)c1. The Labute approximate surface area is 397 Å². The maximum atomic E-state index is 14.7. The van der Waals surface area contributed by atoms with Crippen LogP contribution in [0.2, 0.25) is 0 Å². The fourth-order valence-corrected chi connectivity index (χ4v) is 8.16. The van der Waals surface area contributed by atoms with Gasteiger partial charge in [-0.2, -0.15) is 10.2 Å². The maximum absolute atomic E-state index is 14.7. The molecule has 21 heteroatoms. The van der Waals surface area contributed by atoms with Crippen LogP contribution < -0.4 is 16.4 Å². The van der Waals surface area contributed by atoms with E-state index in [0.29, 0.717) is 42.8 Å². The molecule has 70 heavy (non-hydrogen) atoms. The average molecular weight is 983 g/mol. The molecule has 0 unspecified atom stereocenters. The molecule has 0 aliphatic carbocycles. The Morgan fingerprint density at radius 3 is 1.67 bits per heavy atom. The highest BCUT2D eigenvalue weighted by Crippen LogP contribution is 2.33. The number of carboxylic acid groups (broad SMARTS) is 1. The monoisotopic (exact) mass is 982 g/mol. The van der Waals surface area contributed by atoms with Crippen molar-refractivity contribution >= 4 is 18.0 Å². The molecule has 0 radical (unpaired) electrons. The molecule has 13 nitrogen and oxygen atoms in total. The first-order valence-electron chi connectivity index (χ1n) is 21.9. The van der Waals surface area contributed by atoms with Gasteiger partial charge in [0, 0.05) is 81.2 Å². The van der Waals surface area contributed by atoms with Crippen molar-refractivity contribution in [3.63, 3.8) is 0 Å². The lowest BCUT2D eigenvalue weighted by molar-refractivity contribution is 0.0185. The van der Waals surface area contributed by atoms with Crippen LogP contribution in [0, 0.1) is 46.5 Å². The number of aryl methyl sites for hydroxylation is 2. The summed E-state index contributed by atoms with van der Waals surface area (Å²) >= 11 is 0. The molecule has 2 amide bonds. The van der Waals surface area contributed by atoms with Crippen molar-refractivity contribution in [3.05, 3.63) is 154 Å². The van der Waals surface area contributed by atoms with Crippen LogP contribution in [0.4, 0.5) is 39.9 Å². The molecule has 0 bridgehead atoms. The van der Waals surface area contributed by atoms with Crippen LogP contribution >= 0.6 is 0 Å². The van der Waals surface area contributed by atoms with Gasteiger partial charge in [0.15, 0.2) is 34.9 Å². The first kappa shape index (κ1) is 52.2. The Morgan fingerprint density at radius 1 is 0.700 bits per heavy atom. The van der Waals surface area contributed by atoms with Gasteiger partial charge in [0.05, 0.1) is 22.5 Å². The van der Waals surface area contributed by atoms with E-state index in [1.54, 1.807) is 80.9 Å². The van der Waals surface area contributed by atoms with Crippen molar-refractivity contribution in [1.82, 2.24) is 35.1 Å². The third-order valence-corrected chi connectivity index (χ3v) is 11.7. The molecule has 8 rings (SSSR count). The largest absolute Gasteiger partial charge is 0.478 e. The van der Waals surface area contributed by atoms with Gasteiger partial charge in [-0.1, -0.05) is 24.3 Å². The number of rotatable bonds is 7. The molecule has 0 spiro atoms. The molecule has 6 aromatic rings. The normalized spacial score (nSPS) is 17.9. The number of hydrogen-bond acceptors (Lipinski definition) is 8. The van der Waals surface area contributed by atoms with E-state index in [0.717, 1.165) is 17.8 Å². The first-order chi connectivity index (χ1) is 33.1. The third kappa shape index (κ3) is 12.2. The minimum Gasteiger partial charge on any atom is -0.478 e. The number of likely N-dealkylation sites (tertiary alicyclic amines) is 1. The van der Waals surface area contributed by atoms with Crippen molar-refractivity contribution in [2.45, 2.75) is 63.1 Å². The van der Waals surface area contributed by atoms with Gasteiger partial charge in [-0.15, -0.1) is 0 Å². The van der Waals surface area contributed by atoms with Crippen LogP contribution in [0.15, 0.2) is 85.2 Å². The Hall–Kier alpha value is -7.13. The number of hydrogen-bond donors (Lipinski definition) is 4. The molecule has 372 valence electrons. The Morgan fingerprint density at radius 2 is 1.21 bits per heavy atom. The second kappa shape index (κ2) is 22.1. The number of benzene rings is 4. The maximum Gasteiger partial charge on any atom is 0.410 e. The van der Waals surface area contributed by atoms with Crippen LogP contribution in [0.25, 0.3) is 22.5 Å². The summed E-state index contributed by atoms with van der Waals surface area (Å²) in [7, 11) is 3.46. The van der Waals surface area contributed by atoms with Gasteiger partial charge in [-0.05, 0) is 99.8 Å². The van der Waals surface area contributed by atoms with Crippen molar-refractivity contribution in [3.8, 4) is 22.5 Å². The number of carbonyl (C=O) groups excluding carboxylic acids is 2. The van der Waals surface area contributed by atoms with Gasteiger partial charge in [0.1, 0.15) is 17.2 Å². The number of nitrogens with two attached hydrogens (primary N) is 1. The molecular formula is C49H50F8N8O5. The highest BCUT2D eigenvalue weighted by atomic mass is 19.2. The lowest BCUT2D eigenvalue weighted by atomic mass is 9.85. The summed E-state index contributed by atoms with van der Waals surface area (Å²) in [6.07, 6.45) is 3.44. The van der Waals surface area contributed by atoms with Crippen molar-refractivity contribution in [1.29, 1.82) is 0 Å². The van der Waals surface area contributed by atoms with Crippen LogP contribution in [-0.4, -0.2) is 91.4 Å². The van der Waals surface area contributed by atoms with Gasteiger partial charge in [0.25, 0.3) is 5.91 Å². The molecule has 2 fully saturated rings. The number of ether oxygens (including phenoxy) is 1. The zero-order chi connectivity index (χ0) is 51.2. The molecule has 2 saturated heterocycles. The number of amides is 2. The van der Waals surface area contributed by atoms with E-state index in [9.17, 15) is 49.5 Å². The summed E-state index contributed by atoms with van der Waals surface area (Å²) in [5.74, 6) is -12.5. The summed E-state index contributed by atoms with van der Waals surface area (Å²) < 4.78 is 118. The highest BCUT2D eigenvalue weighted by Gasteiger charge is 2.35. The van der Waals surface area contributed by atoms with E-state index in [1.165, 1.54) is 41.3 Å². The van der Waals surface area contributed by atoms with Gasteiger partial charge < -0.3 is 31.1 Å². The summed E-state index contributed by atoms with van der Waals surface area (Å²) in [5, 5.41) is 22.5. The van der Waals surface area contributed by atoms with Crippen LogP contribution in [0.5, 0.6) is 0 Å². The molecule has 4 heterocycles. The van der Waals surface area contributed by atoms with Crippen molar-refractivity contribution in [2.75, 3.05) is 26.2 Å². The molecule has 0 saturated carbocycles. The van der Waals surface area contributed by atoms with Gasteiger partial charge in [-0.3, -0.25) is 14.2 Å². The molecule has 2 aromatic heterocycles. The Kier molecular flexibility index (Phi) is 16.5. The number of halogens is 8. The van der Waals surface area contributed by atoms with Gasteiger partial charge in [-0.25, -0.2) is 44.7 Å². The summed E-state index contributed by atoms with van der Waals surface area (Å²) in [4.78, 5) is 36.9. The number of carbonyl (C=O) groups is 3. The van der Waals surface area contributed by atoms with E-state index in [2.05, 4.69) is 20.8 Å². The molecule has 4 aromatic carbocycles. The summed E-state index contributed by atoms with van der Waals surface area (Å²) in [6.45, 7) is 6.55. The second-order valence-electron chi connectivity index (χ2n) is 17.6. The number of piperidine rings is 2. The molecule has 5 N–H and O–H groups in total. The smallest absolute Gasteiger partial charge is 0.410 e. The third-order valence-electron chi connectivity index (χ3n) is 11.7. The summed E-state index contributed by atoms with van der Waals surface area (Å²) in [6, 6.07) is 14.6. The highest BCUT2D eigenvalue weighted by molar-refractivity contribution is 5.95. The fourth-order valence-electron chi connectivity index (χ4n) is 8.16. The lowest BCUT2D eigenvalue weighted by Gasteiger charge is -2.37. The zero-order valence-electron chi connectivity index (χ0n) is 38.6. The van der Waals surface area contributed by atoms with Crippen LogP contribution in [0.1, 0.15) is 77.3 Å². The van der Waals surface area contributed by atoms with Crippen molar-refractivity contribution < 1.29 is 59.4 Å². The molecular weight excluding hydrogens is 933 g/mol. The predicted octanol–water partition coefficient (Wildman–Crippen LogP) is 8.60. The van der Waals surface area contributed by atoms with Gasteiger partial charge in [0.2, 0.25) is 0 Å². The Bertz CT molecular complexity index is 2870. The minimum absolute atomic E-state index is 0.0160. The number of nitrogens with zero attached hydrogens (tertiary/aromatic N) is 5. The zero-order valence-corrected chi connectivity index (χ0v) is 38.6. The van der Waals surface area contributed by atoms with Gasteiger partial charge >= 0.3 is 12.1 Å². The second-order valence-corrected chi connectivity index (χ2v) is 17.6. The number of aromatic nitrogens is 4.